The molecule has 0 amide bonds. The zero-order valence-corrected chi connectivity index (χ0v) is 25.1. The largest absolute Gasteiger partial charge is 0.459 e. The van der Waals surface area contributed by atoms with Crippen LogP contribution in [-0.2, 0) is 18.9 Å². The summed E-state index contributed by atoms with van der Waals surface area (Å²) < 4.78 is 25.7. The minimum Gasteiger partial charge on any atom is -0.459 e. The number of rotatable bonds is 8. The van der Waals surface area contributed by atoms with E-state index in [1.165, 1.54) is 10.9 Å². The Morgan fingerprint density at radius 1 is 0.822 bits per heavy atom. The molecule has 0 bridgehead atoms. The van der Waals surface area contributed by atoms with Crippen LogP contribution in [-0.4, -0.2) is 61.8 Å². The second kappa shape index (κ2) is 12.6. The van der Waals surface area contributed by atoms with Gasteiger partial charge in [-0.1, -0.05) is 66.2 Å². The van der Waals surface area contributed by atoms with E-state index in [1.807, 2.05) is 0 Å². The summed E-state index contributed by atoms with van der Waals surface area (Å²) in [6.07, 6.45) is -2.26. The van der Waals surface area contributed by atoms with E-state index in [1.54, 1.807) is 97.9 Å². The highest BCUT2D eigenvalue weighted by molar-refractivity contribution is 6.35. The molecule has 0 saturated carbocycles. The molecule has 228 valence electrons. The zero-order valence-electron chi connectivity index (χ0n) is 23.6. The molecule has 1 fully saturated rings. The minimum atomic E-state index is -1.74. The fraction of sp³-hybridized carbons (Fsp3) is 0.188. The maximum Gasteiger partial charge on any atom is 0.338 e. The van der Waals surface area contributed by atoms with Crippen molar-refractivity contribution in [3.05, 3.63) is 124 Å². The highest BCUT2D eigenvalue weighted by Gasteiger charge is 2.60. The molecule has 6 rings (SSSR count). The van der Waals surface area contributed by atoms with Gasteiger partial charge in [0.1, 0.15) is 18.2 Å². The third kappa shape index (κ3) is 6.10. The van der Waals surface area contributed by atoms with Gasteiger partial charge in [0.05, 0.1) is 23.0 Å². The predicted octanol–water partition coefficient (Wildman–Crippen LogP) is 5.73. The summed E-state index contributed by atoms with van der Waals surface area (Å²) in [6, 6.07) is 24.9. The lowest BCUT2D eigenvalue weighted by Gasteiger charge is -2.34. The van der Waals surface area contributed by atoms with Crippen molar-refractivity contribution >= 4 is 52.3 Å². The lowest BCUT2D eigenvalue weighted by molar-refractivity contribution is -0.108. The topological polar surface area (TPSA) is 132 Å². The number of fused-ring (bicyclic) bond motifs is 1. The number of ether oxygens (including phenoxy) is 4. The molecule has 2 aromatic heterocycles. The number of esters is 3. The molecule has 3 aromatic carbocycles. The first-order chi connectivity index (χ1) is 21.7. The highest BCUT2D eigenvalue weighted by atomic mass is 35.5. The number of carbonyl (C=O) groups excluding carboxylic acids is 3. The van der Waals surface area contributed by atoms with Crippen molar-refractivity contribution in [2.24, 2.45) is 0 Å². The van der Waals surface area contributed by atoms with E-state index in [0.29, 0.717) is 5.56 Å². The molecular formula is C32H24Cl2N4O7. The number of imidazole rings is 1. The molecule has 0 radical (unpaired) electrons. The second-order valence-electron chi connectivity index (χ2n) is 10.2. The van der Waals surface area contributed by atoms with Gasteiger partial charge < -0.3 is 18.9 Å². The van der Waals surface area contributed by atoms with Crippen LogP contribution in [0.15, 0.2) is 97.3 Å². The van der Waals surface area contributed by atoms with Gasteiger partial charge in [-0.15, -0.1) is 0 Å². The van der Waals surface area contributed by atoms with Gasteiger partial charge in [0.15, 0.2) is 28.7 Å². The summed E-state index contributed by atoms with van der Waals surface area (Å²) in [5.41, 5.74) is -0.561. The van der Waals surface area contributed by atoms with Crippen LogP contribution in [0.3, 0.4) is 0 Å². The van der Waals surface area contributed by atoms with Crippen molar-refractivity contribution in [2.75, 3.05) is 6.61 Å². The van der Waals surface area contributed by atoms with Crippen LogP contribution in [0.1, 0.15) is 44.2 Å². The smallest absolute Gasteiger partial charge is 0.338 e. The Morgan fingerprint density at radius 2 is 1.38 bits per heavy atom. The first-order valence-corrected chi connectivity index (χ1v) is 14.5. The molecule has 1 saturated heterocycles. The van der Waals surface area contributed by atoms with Gasteiger partial charge in [-0.3, -0.25) is 4.57 Å². The molecule has 11 nitrogen and oxygen atoms in total. The normalized spacial score (nSPS) is 20.9. The van der Waals surface area contributed by atoms with E-state index in [0.717, 1.165) is 0 Å². The third-order valence-corrected chi connectivity index (χ3v) is 7.69. The van der Waals surface area contributed by atoms with Gasteiger partial charge in [-0.05, 0) is 54.9 Å². The zero-order chi connectivity index (χ0) is 31.6. The number of halogens is 2. The minimum absolute atomic E-state index is 0.00914. The van der Waals surface area contributed by atoms with Crippen molar-refractivity contribution < 1.29 is 33.3 Å². The number of carbonyl (C=O) groups is 3. The van der Waals surface area contributed by atoms with Crippen LogP contribution in [0.4, 0.5) is 0 Å². The van der Waals surface area contributed by atoms with Gasteiger partial charge in [0.25, 0.3) is 0 Å². The van der Waals surface area contributed by atoms with Crippen molar-refractivity contribution in [2.45, 2.75) is 31.0 Å². The fourth-order valence-electron chi connectivity index (χ4n) is 5.09. The average Bonchev–Trinajstić information content (AvgIpc) is 3.59. The molecule has 3 heterocycles. The Hall–Kier alpha value is -4.84. The molecule has 4 atom stereocenters. The molecule has 1 aliphatic heterocycles. The van der Waals surface area contributed by atoms with E-state index in [-0.39, 0.29) is 39.3 Å². The van der Waals surface area contributed by atoms with Gasteiger partial charge in [0, 0.05) is 0 Å². The van der Waals surface area contributed by atoms with Crippen molar-refractivity contribution in [1.29, 1.82) is 0 Å². The van der Waals surface area contributed by atoms with E-state index < -0.39 is 41.9 Å². The van der Waals surface area contributed by atoms with Gasteiger partial charge in [-0.25, -0.2) is 24.4 Å². The van der Waals surface area contributed by atoms with Gasteiger partial charge in [0.2, 0.25) is 5.28 Å². The average molecular weight is 647 g/mol. The van der Waals surface area contributed by atoms with E-state index >= 15 is 0 Å². The fourth-order valence-corrected chi connectivity index (χ4v) is 5.51. The molecule has 1 unspecified atom stereocenters. The van der Waals surface area contributed by atoms with Crippen LogP contribution < -0.4 is 0 Å². The highest BCUT2D eigenvalue weighted by Crippen LogP contribution is 2.45. The Morgan fingerprint density at radius 3 is 1.98 bits per heavy atom. The molecule has 0 aliphatic carbocycles. The summed E-state index contributed by atoms with van der Waals surface area (Å²) in [6.45, 7) is 1.19. The molecule has 45 heavy (non-hydrogen) atoms. The molecule has 13 heteroatoms. The van der Waals surface area contributed by atoms with E-state index in [4.69, 9.17) is 42.1 Å². The maximum atomic E-state index is 13.6. The lowest BCUT2D eigenvalue weighted by atomic mass is 9.95. The quantitative estimate of drug-likeness (QED) is 0.0891. The number of nitrogens with zero attached hydrogens (tertiary/aromatic N) is 4. The van der Waals surface area contributed by atoms with Gasteiger partial charge >= 0.3 is 17.9 Å². The van der Waals surface area contributed by atoms with Crippen molar-refractivity contribution in [3.63, 3.8) is 0 Å². The summed E-state index contributed by atoms with van der Waals surface area (Å²) in [5.74, 6) is -2.06. The van der Waals surface area contributed by atoms with Crippen LogP contribution in [0.25, 0.3) is 11.2 Å². The summed E-state index contributed by atoms with van der Waals surface area (Å²) in [4.78, 5) is 52.4. The van der Waals surface area contributed by atoms with Crippen molar-refractivity contribution in [3.8, 4) is 0 Å². The molecule has 1 aliphatic rings. The second-order valence-corrected chi connectivity index (χ2v) is 10.9. The van der Waals surface area contributed by atoms with E-state index in [2.05, 4.69) is 15.0 Å². The first-order valence-electron chi connectivity index (χ1n) is 13.7. The molecular weight excluding hydrogens is 623 g/mol. The number of aromatic nitrogens is 4. The number of benzene rings is 3. The molecule has 5 aromatic rings. The molecule has 0 N–H and O–H groups in total. The third-order valence-electron chi connectivity index (χ3n) is 7.25. The Bertz CT molecular complexity index is 1860. The Kier molecular flexibility index (Phi) is 8.48. The predicted molar refractivity (Wildman–Crippen MR) is 162 cm³/mol. The lowest BCUT2D eigenvalue weighted by Crippen LogP contribution is -2.50. The summed E-state index contributed by atoms with van der Waals surface area (Å²) in [5, 5.41) is -0.166. The number of hydrogen-bond acceptors (Lipinski definition) is 10. The standard InChI is InChI=1S/C32H24Cl2N4O7/c1-32(45-29(41)21-15-9-4-10-16-21)24(44-28(40)20-13-7-3-8-14-20)22(17-42-27(39)19-11-5-2-6-12-19)43-30(32)38-18-35-23-25(33)36-31(34)37-26(23)38/h2-16,18,22,24,30H,17H2,1H3/t22-,24-,30?,32-/m1/s1. The SMILES string of the molecule is C[C@]1(OC(=O)c2ccccc2)C(n2cnc3c(Cl)nc(Cl)nc32)O[C@H](COC(=O)c2ccccc2)[C@H]1OC(=O)c1ccccc1. The maximum absolute atomic E-state index is 13.6. The van der Waals surface area contributed by atoms with Crippen LogP contribution in [0, 0.1) is 0 Å². The summed E-state index contributed by atoms with van der Waals surface area (Å²) >= 11 is 12.4. The van der Waals surface area contributed by atoms with Crippen LogP contribution in [0.2, 0.25) is 10.4 Å². The van der Waals surface area contributed by atoms with E-state index in [9.17, 15) is 14.4 Å². The Balaban J connectivity index is 1.43. The number of hydrogen-bond donors (Lipinski definition) is 0. The van der Waals surface area contributed by atoms with Crippen molar-refractivity contribution in [1.82, 2.24) is 19.5 Å². The van der Waals surface area contributed by atoms with Crippen LogP contribution >= 0.6 is 23.2 Å². The molecule has 0 spiro atoms. The van der Waals surface area contributed by atoms with Gasteiger partial charge in [-0.2, -0.15) is 4.98 Å². The van der Waals surface area contributed by atoms with Crippen LogP contribution in [0.5, 0.6) is 0 Å². The monoisotopic (exact) mass is 646 g/mol. The first kappa shape index (κ1) is 30.2. The Labute approximate surface area is 266 Å². The summed E-state index contributed by atoms with van der Waals surface area (Å²) in [7, 11) is 0.